The molecule has 2 aromatic heterocycles. The number of carbonyl (C=O) groups excluding carboxylic acids is 1. The van der Waals surface area contributed by atoms with Crippen LogP contribution >= 0.6 is 11.3 Å². The number of fused-ring (bicyclic) bond motifs is 1. The van der Waals surface area contributed by atoms with Crippen LogP contribution in [0.5, 0.6) is 0 Å². The van der Waals surface area contributed by atoms with Crippen molar-refractivity contribution >= 4 is 27.5 Å². The van der Waals surface area contributed by atoms with Crippen LogP contribution in [0.3, 0.4) is 0 Å². The Kier molecular flexibility index (Phi) is 4.09. The van der Waals surface area contributed by atoms with Crippen LogP contribution in [0.25, 0.3) is 21.3 Å². The van der Waals surface area contributed by atoms with E-state index in [1.54, 1.807) is 17.0 Å². The number of likely N-dealkylation sites (tertiary alicyclic amines) is 1. The Hall–Kier alpha value is -2.54. The van der Waals surface area contributed by atoms with Gasteiger partial charge < -0.3 is 4.90 Å². The molecule has 7 heteroatoms. The van der Waals surface area contributed by atoms with E-state index in [1.807, 2.05) is 5.38 Å². The van der Waals surface area contributed by atoms with Crippen LogP contribution in [0, 0.1) is 5.82 Å². The summed E-state index contributed by atoms with van der Waals surface area (Å²) in [4.78, 5) is 31.9. The average molecular weight is 357 g/mol. The predicted octanol–water partition coefficient (Wildman–Crippen LogP) is 2.89. The fourth-order valence-corrected chi connectivity index (χ4v) is 4.04. The molecular formula is C18H16FN3O2S. The van der Waals surface area contributed by atoms with Crippen molar-refractivity contribution in [3.05, 3.63) is 52.1 Å². The third kappa shape index (κ3) is 2.95. The minimum absolute atomic E-state index is 0.000474. The van der Waals surface area contributed by atoms with Crippen LogP contribution < -0.4 is 5.56 Å². The van der Waals surface area contributed by atoms with E-state index in [9.17, 15) is 14.0 Å². The highest BCUT2D eigenvalue weighted by Gasteiger charge is 2.20. The van der Waals surface area contributed by atoms with E-state index in [1.165, 1.54) is 34.4 Å². The Balaban J connectivity index is 1.74. The second-order valence-electron chi connectivity index (χ2n) is 6.10. The summed E-state index contributed by atoms with van der Waals surface area (Å²) in [5, 5.41) is 2.33. The summed E-state index contributed by atoms with van der Waals surface area (Å²) in [6.45, 7) is 1.51. The Morgan fingerprint density at radius 2 is 1.92 bits per heavy atom. The van der Waals surface area contributed by atoms with Gasteiger partial charge in [-0.1, -0.05) is 12.1 Å². The SMILES string of the molecule is O=C(Cn1cnc2scc(-c3ccc(F)cc3)c2c1=O)N1CCCC1. The van der Waals surface area contributed by atoms with Crippen LogP contribution in [0.15, 0.2) is 40.8 Å². The summed E-state index contributed by atoms with van der Waals surface area (Å²) in [7, 11) is 0. The second kappa shape index (κ2) is 6.40. The number of benzene rings is 1. The van der Waals surface area contributed by atoms with E-state index in [4.69, 9.17) is 0 Å². The molecule has 0 bridgehead atoms. The van der Waals surface area contributed by atoms with Crippen molar-refractivity contribution in [1.29, 1.82) is 0 Å². The van der Waals surface area contributed by atoms with Gasteiger partial charge in [0.15, 0.2) is 0 Å². The molecule has 3 aromatic rings. The normalized spacial score (nSPS) is 14.4. The molecule has 0 atom stereocenters. The Labute approximate surface area is 147 Å². The van der Waals surface area contributed by atoms with Crippen molar-refractivity contribution in [1.82, 2.24) is 14.5 Å². The highest BCUT2D eigenvalue weighted by molar-refractivity contribution is 7.17. The summed E-state index contributed by atoms with van der Waals surface area (Å²) < 4.78 is 14.5. The molecule has 1 aliphatic rings. The van der Waals surface area contributed by atoms with E-state index >= 15 is 0 Å². The summed E-state index contributed by atoms with van der Waals surface area (Å²) in [5.41, 5.74) is 1.24. The van der Waals surface area contributed by atoms with Gasteiger partial charge >= 0.3 is 0 Å². The Morgan fingerprint density at radius 3 is 2.64 bits per heavy atom. The van der Waals surface area contributed by atoms with Crippen molar-refractivity contribution < 1.29 is 9.18 Å². The van der Waals surface area contributed by atoms with Gasteiger partial charge in [-0.3, -0.25) is 14.2 Å². The smallest absolute Gasteiger partial charge is 0.263 e. The van der Waals surface area contributed by atoms with Crippen molar-refractivity contribution in [2.75, 3.05) is 13.1 Å². The number of rotatable bonds is 3. The first-order valence-corrected chi connectivity index (χ1v) is 9.02. The Bertz CT molecular complexity index is 988. The van der Waals surface area contributed by atoms with Gasteiger partial charge in [0.1, 0.15) is 17.2 Å². The monoisotopic (exact) mass is 357 g/mol. The topological polar surface area (TPSA) is 55.2 Å². The van der Waals surface area contributed by atoms with Crippen molar-refractivity contribution in [3.63, 3.8) is 0 Å². The summed E-state index contributed by atoms with van der Waals surface area (Å²) in [5.74, 6) is -0.380. The van der Waals surface area contributed by atoms with E-state index in [-0.39, 0.29) is 23.8 Å². The zero-order valence-electron chi connectivity index (χ0n) is 13.4. The first-order chi connectivity index (χ1) is 12.1. The average Bonchev–Trinajstić information content (AvgIpc) is 3.28. The maximum Gasteiger partial charge on any atom is 0.263 e. The minimum atomic E-state index is -0.324. The summed E-state index contributed by atoms with van der Waals surface area (Å²) >= 11 is 1.37. The lowest BCUT2D eigenvalue weighted by Crippen LogP contribution is -2.34. The number of thiophene rings is 1. The maximum absolute atomic E-state index is 13.2. The van der Waals surface area contributed by atoms with Gasteiger partial charge in [-0.15, -0.1) is 11.3 Å². The lowest BCUT2D eigenvalue weighted by atomic mass is 10.1. The Morgan fingerprint density at radius 1 is 1.20 bits per heavy atom. The summed E-state index contributed by atoms with van der Waals surface area (Å²) in [6, 6.07) is 6.02. The van der Waals surface area contributed by atoms with Gasteiger partial charge in [0.05, 0.1) is 11.7 Å². The number of aromatic nitrogens is 2. The fourth-order valence-electron chi connectivity index (χ4n) is 3.13. The lowest BCUT2D eigenvalue weighted by molar-refractivity contribution is -0.130. The molecule has 4 rings (SSSR count). The maximum atomic E-state index is 13.2. The molecule has 1 amide bonds. The molecule has 0 spiro atoms. The van der Waals surface area contributed by atoms with Gasteiger partial charge in [0.2, 0.25) is 5.91 Å². The van der Waals surface area contributed by atoms with Crippen LogP contribution in [0.2, 0.25) is 0 Å². The molecule has 128 valence electrons. The molecule has 1 aliphatic heterocycles. The first kappa shape index (κ1) is 16.0. The van der Waals surface area contributed by atoms with E-state index in [2.05, 4.69) is 4.98 Å². The molecule has 25 heavy (non-hydrogen) atoms. The van der Waals surface area contributed by atoms with E-state index in [0.29, 0.717) is 10.2 Å². The van der Waals surface area contributed by atoms with Crippen LogP contribution in [0.4, 0.5) is 4.39 Å². The van der Waals surface area contributed by atoms with Crippen molar-refractivity contribution in [3.8, 4) is 11.1 Å². The zero-order chi connectivity index (χ0) is 17.4. The quantitative estimate of drug-likeness (QED) is 0.724. The molecule has 0 aliphatic carbocycles. The standard InChI is InChI=1S/C18H16FN3O2S/c19-13-5-3-12(4-6-13)14-10-25-17-16(14)18(24)22(11-20-17)9-15(23)21-7-1-2-8-21/h3-6,10-11H,1-2,7-9H2. The van der Waals surface area contributed by atoms with Gasteiger partial charge in [0, 0.05) is 24.0 Å². The molecule has 0 N–H and O–H groups in total. The first-order valence-electron chi connectivity index (χ1n) is 8.14. The molecule has 1 saturated heterocycles. The van der Waals surface area contributed by atoms with Gasteiger partial charge in [-0.2, -0.15) is 0 Å². The molecular weight excluding hydrogens is 341 g/mol. The number of nitrogens with zero attached hydrogens (tertiary/aromatic N) is 3. The van der Waals surface area contributed by atoms with E-state index in [0.717, 1.165) is 37.1 Å². The largest absolute Gasteiger partial charge is 0.341 e. The number of hydrogen-bond acceptors (Lipinski definition) is 4. The lowest BCUT2D eigenvalue weighted by Gasteiger charge is -2.15. The number of carbonyl (C=O) groups is 1. The molecule has 5 nitrogen and oxygen atoms in total. The molecule has 0 saturated carbocycles. The van der Waals surface area contributed by atoms with Gasteiger partial charge in [-0.25, -0.2) is 9.37 Å². The number of amides is 1. The fraction of sp³-hybridized carbons (Fsp3) is 0.278. The number of halogens is 1. The molecule has 1 fully saturated rings. The van der Waals surface area contributed by atoms with Crippen molar-refractivity contribution in [2.24, 2.45) is 0 Å². The zero-order valence-corrected chi connectivity index (χ0v) is 14.3. The van der Waals surface area contributed by atoms with Gasteiger partial charge in [0.25, 0.3) is 5.56 Å². The molecule has 0 radical (unpaired) electrons. The second-order valence-corrected chi connectivity index (χ2v) is 6.96. The highest BCUT2D eigenvalue weighted by Crippen LogP contribution is 2.30. The van der Waals surface area contributed by atoms with Crippen LogP contribution in [-0.2, 0) is 11.3 Å². The van der Waals surface area contributed by atoms with Gasteiger partial charge in [-0.05, 0) is 30.5 Å². The molecule has 1 aromatic carbocycles. The number of hydrogen-bond donors (Lipinski definition) is 0. The van der Waals surface area contributed by atoms with Crippen LogP contribution in [-0.4, -0.2) is 33.4 Å². The molecule has 3 heterocycles. The van der Waals surface area contributed by atoms with E-state index < -0.39 is 0 Å². The third-order valence-corrected chi connectivity index (χ3v) is 5.37. The van der Waals surface area contributed by atoms with Crippen LogP contribution in [0.1, 0.15) is 12.8 Å². The summed E-state index contributed by atoms with van der Waals surface area (Å²) in [6.07, 6.45) is 3.46. The molecule has 0 unspecified atom stereocenters. The minimum Gasteiger partial charge on any atom is -0.341 e. The van der Waals surface area contributed by atoms with Crippen molar-refractivity contribution in [2.45, 2.75) is 19.4 Å². The highest BCUT2D eigenvalue weighted by atomic mass is 32.1. The predicted molar refractivity (Wildman–Crippen MR) is 95.1 cm³/mol. The third-order valence-electron chi connectivity index (χ3n) is 4.48.